The molecule has 0 aliphatic carbocycles. The van der Waals surface area contributed by atoms with Gasteiger partial charge in [0.15, 0.2) is 0 Å². The third-order valence-electron chi connectivity index (χ3n) is 13.5. The van der Waals surface area contributed by atoms with Crippen LogP contribution in [0.15, 0.2) is 0 Å². The van der Waals surface area contributed by atoms with Gasteiger partial charge in [0.05, 0.1) is 0 Å². The fourth-order valence-corrected chi connectivity index (χ4v) is 11.2. The molecule has 8 saturated heterocycles. The summed E-state index contributed by atoms with van der Waals surface area (Å²) < 4.78 is 0. The molecule has 8 aliphatic heterocycles. The lowest BCUT2D eigenvalue weighted by atomic mass is 10.0. The van der Waals surface area contributed by atoms with Crippen LogP contribution in [0.4, 0.5) is 0 Å². The van der Waals surface area contributed by atoms with E-state index in [9.17, 15) is 0 Å². The summed E-state index contributed by atoms with van der Waals surface area (Å²) in [7, 11) is 0. The first kappa shape index (κ1) is 29.1. The fraction of sp³-hybridized carbons (Fsp3) is 1.00. The Hall–Kier alpha value is -0.320. The van der Waals surface area contributed by atoms with E-state index in [0.29, 0.717) is 96.7 Å². The van der Waals surface area contributed by atoms with E-state index < -0.39 is 0 Å². The van der Waals surface area contributed by atoms with Crippen LogP contribution in [0.5, 0.6) is 0 Å². The van der Waals surface area contributed by atoms with Gasteiger partial charge in [0.1, 0.15) is 0 Å². The van der Waals surface area contributed by atoms with E-state index in [1.807, 2.05) is 0 Å². The molecule has 238 valence electrons. The second kappa shape index (κ2) is 12.5. The van der Waals surface area contributed by atoms with E-state index in [4.69, 9.17) is 0 Å². The summed E-state index contributed by atoms with van der Waals surface area (Å²) in [5, 5.41) is 32.3. The molecule has 0 aromatic carbocycles. The maximum atomic E-state index is 4.15. The van der Waals surface area contributed by atoms with Crippen LogP contribution in [0.25, 0.3) is 0 Å². The Balaban J connectivity index is 0.765. The van der Waals surface area contributed by atoms with Crippen molar-refractivity contribution in [3.63, 3.8) is 0 Å². The average molecular weight is 583 g/mol. The molecular formula is C34H62N8. The molecule has 0 bridgehead atoms. The van der Waals surface area contributed by atoms with E-state index in [1.54, 1.807) is 0 Å². The molecule has 16 atom stereocenters. The summed E-state index contributed by atoms with van der Waals surface area (Å²) in [6.07, 6.45) is 21.5. The Kier molecular flexibility index (Phi) is 8.64. The highest BCUT2D eigenvalue weighted by molar-refractivity contribution is 5.08. The molecule has 0 amide bonds. The highest BCUT2D eigenvalue weighted by Crippen LogP contribution is 2.33. The number of nitrogens with one attached hydrogen (secondary N) is 8. The van der Waals surface area contributed by atoms with Crippen molar-refractivity contribution in [3.05, 3.63) is 0 Å². The summed E-state index contributed by atoms with van der Waals surface area (Å²) in [4.78, 5) is 0. The average Bonchev–Trinajstić information content (AvgIpc) is 3.81. The van der Waals surface area contributed by atoms with Crippen LogP contribution in [-0.4, -0.2) is 96.7 Å². The molecule has 8 heteroatoms. The Bertz CT molecular complexity index is 846. The first-order valence-corrected chi connectivity index (χ1v) is 18.6. The number of hydrogen-bond acceptors (Lipinski definition) is 8. The van der Waals surface area contributed by atoms with Crippen LogP contribution in [0.2, 0.25) is 0 Å². The van der Waals surface area contributed by atoms with Crippen molar-refractivity contribution in [1.29, 1.82) is 0 Å². The molecule has 42 heavy (non-hydrogen) atoms. The van der Waals surface area contributed by atoms with Gasteiger partial charge < -0.3 is 42.5 Å². The van der Waals surface area contributed by atoms with Gasteiger partial charge >= 0.3 is 0 Å². The topological polar surface area (TPSA) is 96.2 Å². The van der Waals surface area contributed by atoms with Crippen molar-refractivity contribution in [1.82, 2.24) is 42.5 Å². The van der Waals surface area contributed by atoms with Gasteiger partial charge in [-0.25, -0.2) is 0 Å². The molecule has 0 saturated carbocycles. The van der Waals surface area contributed by atoms with Gasteiger partial charge in [-0.3, -0.25) is 0 Å². The van der Waals surface area contributed by atoms with Crippen molar-refractivity contribution >= 4 is 0 Å². The van der Waals surface area contributed by atoms with E-state index in [2.05, 4.69) is 56.4 Å². The highest BCUT2D eigenvalue weighted by atomic mass is 15.2. The minimum absolute atomic E-state index is 0.654. The third kappa shape index (κ3) is 5.97. The lowest BCUT2D eigenvalue weighted by Gasteiger charge is -2.28. The molecule has 0 spiro atoms. The monoisotopic (exact) mass is 583 g/mol. The van der Waals surface area contributed by atoms with Crippen LogP contribution in [-0.2, 0) is 0 Å². The van der Waals surface area contributed by atoms with Crippen molar-refractivity contribution in [3.8, 4) is 0 Å². The molecular weight excluding hydrogens is 520 g/mol. The molecule has 8 heterocycles. The summed E-state index contributed by atoms with van der Waals surface area (Å²) in [5.41, 5.74) is 0. The largest absolute Gasteiger partial charge is 0.310 e. The SMILES string of the molecule is C[C@@H]1CCC([C@H]2CC[C@@H]([C@@H]3CCC([C@H]4CC[C@@H]([C@@H]5CCC([C@H]6CC[C@@H]([C@@H]7CCC([C@H]8CC[C@@H](C)N8)N7)N6)N5)N4)N3)N2)N1. The van der Waals surface area contributed by atoms with Crippen molar-refractivity contribution in [2.45, 2.75) is 213 Å². The minimum Gasteiger partial charge on any atom is -0.310 e. The van der Waals surface area contributed by atoms with Gasteiger partial charge in [-0.1, -0.05) is 0 Å². The standard InChI is InChI=1S/C34H62N8/c1-19-3-5-21(35-19)23-7-9-25(37-23)27-11-13-29(39-27)31-15-17-33(41-31)34-18-16-32(42-34)30-14-12-28(40-30)26-10-8-24(38-26)22-6-4-20(2)36-22/h19-42H,3-18H2,1-2H3/t19-,20-,21-,22?,23?,24-,25+,26+,27+,28+,29-,30?,31?,32-,33+,34+/m1/s1. The molecule has 8 fully saturated rings. The van der Waals surface area contributed by atoms with Crippen LogP contribution in [0.3, 0.4) is 0 Å². The lowest BCUT2D eigenvalue weighted by molar-refractivity contribution is 0.340. The van der Waals surface area contributed by atoms with Gasteiger partial charge in [-0.05, 0) is 117 Å². The first-order valence-electron chi connectivity index (χ1n) is 18.6. The first-order chi connectivity index (χ1) is 20.6. The number of rotatable bonds is 7. The lowest BCUT2D eigenvalue weighted by Crippen LogP contribution is -2.55. The van der Waals surface area contributed by atoms with Gasteiger partial charge in [0.2, 0.25) is 0 Å². The van der Waals surface area contributed by atoms with Crippen LogP contribution >= 0.6 is 0 Å². The zero-order chi connectivity index (χ0) is 28.2. The van der Waals surface area contributed by atoms with E-state index >= 15 is 0 Å². The normalized spacial score (nSPS) is 55.0. The zero-order valence-electron chi connectivity index (χ0n) is 26.6. The van der Waals surface area contributed by atoms with Crippen molar-refractivity contribution in [2.75, 3.05) is 0 Å². The van der Waals surface area contributed by atoms with Crippen LogP contribution in [0.1, 0.15) is 117 Å². The van der Waals surface area contributed by atoms with Crippen LogP contribution < -0.4 is 42.5 Å². The molecule has 0 radical (unpaired) electrons. The summed E-state index contributed by atoms with van der Waals surface area (Å²) in [6, 6.07) is 10.8. The van der Waals surface area contributed by atoms with Gasteiger partial charge in [0.25, 0.3) is 0 Å². The predicted octanol–water partition coefficient (Wildman–Crippen LogP) is 1.99. The third-order valence-corrected chi connectivity index (χ3v) is 13.5. The molecule has 0 aromatic heterocycles. The Morgan fingerprint density at radius 3 is 0.500 bits per heavy atom. The smallest absolute Gasteiger partial charge is 0.0225 e. The van der Waals surface area contributed by atoms with Crippen molar-refractivity contribution < 1.29 is 0 Å². The molecule has 4 unspecified atom stereocenters. The fourth-order valence-electron chi connectivity index (χ4n) is 11.2. The Morgan fingerprint density at radius 1 is 0.214 bits per heavy atom. The highest BCUT2D eigenvalue weighted by Gasteiger charge is 2.45. The van der Waals surface area contributed by atoms with E-state index in [-0.39, 0.29) is 0 Å². The second-order valence-corrected chi connectivity index (χ2v) is 16.2. The molecule has 8 nitrogen and oxygen atoms in total. The van der Waals surface area contributed by atoms with Gasteiger partial charge in [0, 0.05) is 96.7 Å². The summed E-state index contributed by atoms with van der Waals surface area (Å²) in [5.74, 6) is 0. The quantitative estimate of drug-likeness (QED) is 0.231. The molecule has 0 aromatic rings. The van der Waals surface area contributed by atoms with Crippen molar-refractivity contribution in [2.24, 2.45) is 0 Å². The van der Waals surface area contributed by atoms with Crippen LogP contribution in [0, 0.1) is 0 Å². The summed E-state index contributed by atoms with van der Waals surface area (Å²) in [6.45, 7) is 4.69. The zero-order valence-corrected chi connectivity index (χ0v) is 26.6. The minimum atomic E-state index is 0.654. The maximum Gasteiger partial charge on any atom is 0.0225 e. The summed E-state index contributed by atoms with van der Waals surface area (Å²) >= 11 is 0. The van der Waals surface area contributed by atoms with E-state index in [1.165, 1.54) is 103 Å². The Labute approximate surface area is 255 Å². The van der Waals surface area contributed by atoms with E-state index in [0.717, 1.165) is 0 Å². The maximum absolute atomic E-state index is 4.15. The second-order valence-electron chi connectivity index (χ2n) is 16.2. The number of hydrogen-bond donors (Lipinski definition) is 8. The molecule has 8 N–H and O–H groups in total. The molecule has 8 aliphatic rings. The Morgan fingerprint density at radius 2 is 0.357 bits per heavy atom. The van der Waals surface area contributed by atoms with Gasteiger partial charge in [-0.2, -0.15) is 0 Å². The predicted molar refractivity (Wildman–Crippen MR) is 171 cm³/mol. The molecule has 8 rings (SSSR count). The van der Waals surface area contributed by atoms with Gasteiger partial charge in [-0.15, -0.1) is 0 Å².